The fraction of sp³-hybridized carbons (Fsp3) is 0.286. The van der Waals surface area contributed by atoms with Crippen LogP contribution < -0.4 is 4.74 Å². The van der Waals surface area contributed by atoms with Gasteiger partial charge >= 0.3 is 0 Å². The predicted octanol–water partition coefficient (Wildman–Crippen LogP) is 2.62. The van der Waals surface area contributed by atoms with Crippen LogP contribution in [0.3, 0.4) is 0 Å². The van der Waals surface area contributed by atoms with Crippen molar-refractivity contribution in [2.45, 2.75) is 5.88 Å². The Labute approximate surface area is 79.3 Å². The average molecular weight is 210 g/mol. The maximum Gasteiger partial charge on any atom is 0.250 e. The second-order valence-electron chi connectivity index (χ2n) is 2.04. The Morgan fingerprint density at radius 3 is 2.83 bits per heavy atom. The highest BCUT2D eigenvalue weighted by Gasteiger charge is 2.12. The number of pyridine rings is 1. The Hall–Kier alpha value is -0.540. The number of hydrogen-bond acceptors (Lipinski definition) is 2. The Morgan fingerprint density at radius 2 is 2.33 bits per heavy atom. The van der Waals surface area contributed by atoms with Crippen LogP contribution in [0.15, 0.2) is 6.20 Å². The molecular formula is C7H6Cl2FNO. The molecule has 0 aliphatic carbocycles. The molecule has 0 fully saturated rings. The molecule has 0 bridgehead atoms. The molecule has 0 unspecified atom stereocenters. The molecule has 2 nitrogen and oxygen atoms in total. The van der Waals surface area contributed by atoms with Gasteiger partial charge in [-0.2, -0.15) is 0 Å². The number of nitrogens with zero attached hydrogens (tertiary/aromatic N) is 1. The third-order valence-corrected chi connectivity index (χ3v) is 1.96. The molecule has 5 heteroatoms. The number of ether oxygens (including phenoxy) is 1. The number of methoxy groups -OCH3 is 1. The lowest BCUT2D eigenvalue weighted by Gasteiger charge is -2.04. The first-order chi connectivity index (χ1) is 5.70. The number of rotatable bonds is 2. The summed E-state index contributed by atoms with van der Waals surface area (Å²) >= 11 is 11.1. The van der Waals surface area contributed by atoms with Crippen molar-refractivity contribution in [3.63, 3.8) is 0 Å². The second kappa shape index (κ2) is 3.92. The van der Waals surface area contributed by atoms with Gasteiger partial charge in [-0.25, -0.2) is 9.37 Å². The summed E-state index contributed by atoms with van der Waals surface area (Å²) in [5.41, 5.74) is 0.213. The van der Waals surface area contributed by atoms with E-state index in [2.05, 4.69) is 9.72 Å². The fourth-order valence-electron chi connectivity index (χ4n) is 0.749. The molecule has 12 heavy (non-hydrogen) atoms. The first-order valence-corrected chi connectivity index (χ1v) is 4.04. The topological polar surface area (TPSA) is 22.1 Å². The third-order valence-electron chi connectivity index (χ3n) is 1.36. The molecule has 0 aliphatic rings. The highest BCUT2D eigenvalue weighted by Crippen LogP contribution is 2.25. The zero-order valence-electron chi connectivity index (χ0n) is 6.27. The SMILES string of the molecule is COc1ncc(Cl)c(CCl)c1F. The fourth-order valence-corrected chi connectivity index (χ4v) is 1.28. The molecular weight excluding hydrogens is 204 g/mol. The van der Waals surface area contributed by atoms with Crippen molar-refractivity contribution < 1.29 is 9.13 Å². The molecule has 0 saturated heterocycles. The van der Waals surface area contributed by atoms with E-state index in [1.807, 2.05) is 0 Å². The van der Waals surface area contributed by atoms with Crippen LogP contribution in [-0.2, 0) is 5.88 Å². The minimum Gasteiger partial charge on any atom is -0.479 e. The number of halogens is 3. The third kappa shape index (κ3) is 1.62. The zero-order chi connectivity index (χ0) is 9.14. The molecule has 66 valence electrons. The summed E-state index contributed by atoms with van der Waals surface area (Å²) in [5, 5.41) is 0.211. The summed E-state index contributed by atoms with van der Waals surface area (Å²) in [4.78, 5) is 3.62. The van der Waals surface area contributed by atoms with Crippen molar-refractivity contribution in [3.8, 4) is 5.88 Å². The zero-order valence-corrected chi connectivity index (χ0v) is 7.79. The molecule has 0 spiro atoms. The van der Waals surface area contributed by atoms with Gasteiger partial charge in [-0.1, -0.05) is 11.6 Å². The first kappa shape index (κ1) is 9.55. The highest BCUT2D eigenvalue weighted by molar-refractivity contribution is 6.32. The molecule has 0 radical (unpaired) electrons. The Morgan fingerprint density at radius 1 is 1.67 bits per heavy atom. The molecule has 0 saturated carbocycles. The van der Waals surface area contributed by atoms with E-state index in [1.54, 1.807) is 0 Å². The van der Waals surface area contributed by atoms with Crippen molar-refractivity contribution in [3.05, 3.63) is 22.6 Å². The molecule has 0 atom stereocenters. The van der Waals surface area contributed by atoms with Gasteiger partial charge in [-0.3, -0.25) is 0 Å². The minimum absolute atomic E-state index is 0.00352. The Balaban J connectivity index is 3.24. The lowest BCUT2D eigenvalue weighted by Crippen LogP contribution is -1.96. The van der Waals surface area contributed by atoms with Gasteiger partial charge < -0.3 is 4.74 Å². The van der Waals surface area contributed by atoms with E-state index in [1.165, 1.54) is 13.3 Å². The second-order valence-corrected chi connectivity index (χ2v) is 2.72. The van der Waals surface area contributed by atoms with E-state index in [9.17, 15) is 4.39 Å². The van der Waals surface area contributed by atoms with Gasteiger partial charge in [0.15, 0.2) is 5.82 Å². The maximum atomic E-state index is 13.2. The predicted molar refractivity (Wildman–Crippen MR) is 45.3 cm³/mol. The molecule has 1 rings (SSSR count). The number of alkyl halides is 1. The summed E-state index contributed by atoms with van der Waals surface area (Å²) < 4.78 is 17.8. The van der Waals surface area contributed by atoms with E-state index >= 15 is 0 Å². The Kier molecular flexibility index (Phi) is 3.12. The number of hydrogen-bond donors (Lipinski definition) is 0. The van der Waals surface area contributed by atoms with Gasteiger partial charge in [0, 0.05) is 5.56 Å². The van der Waals surface area contributed by atoms with Gasteiger partial charge in [0.2, 0.25) is 0 Å². The van der Waals surface area contributed by atoms with Gasteiger partial charge in [0.05, 0.1) is 24.2 Å². The van der Waals surface area contributed by atoms with Gasteiger partial charge in [0.1, 0.15) is 0 Å². The summed E-state index contributed by atoms with van der Waals surface area (Å²) in [6.07, 6.45) is 1.31. The van der Waals surface area contributed by atoms with Crippen LogP contribution in [0, 0.1) is 5.82 Å². The summed E-state index contributed by atoms with van der Waals surface area (Å²) in [7, 11) is 1.33. The number of aromatic nitrogens is 1. The van der Waals surface area contributed by atoms with E-state index in [0.717, 1.165) is 0 Å². The summed E-state index contributed by atoms with van der Waals surface area (Å²) in [6.45, 7) is 0. The van der Waals surface area contributed by atoms with Crippen molar-refractivity contribution in [2.24, 2.45) is 0 Å². The van der Waals surface area contributed by atoms with E-state index in [-0.39, 0.29) is 22.3 Å². The van der Waals surface area contributed by atoms with Gasteiger partial charge in [0.25, 0.3) is 5.88 Å². The average Bonchev–Trinajstić information content (AvgIpc) is 2.06. The molecule has 0 N–H and O–H groups in total. The van der Waals surface area contributed by atoms with Crippen LogP contribution in [-0.4, -0.2) is 12.1 Å². The molecule has 0 amide bonds. The van der Waals surface area contributed by atoms with Gasteiger partial charge in [-0.05, 0) is 0 Å². The lowest BCUT2D eigenvalue weighted by molar-refractivity contribution is 0.367. The smallest absolute Gasteiger partial charge is 0.250 e. The molecule has 0 aromatic carbocycles. The maximum absolute atomic E-state index is 13.2. The Bertz CT molecular complexity index is 293. The molecule has 1 aromatic heterocycles. The standard InChI is InChI=1S/C7H6Cl2FNO/c1-12-7-6(10)4(2-8)5(9)3-11-7/h3H,2H2,1H3. The van der Waals surface area contributed by atoms with E-state index in [0.29, 0.717) is 0 Å². The van der Waals surface area contributed by atoms with Crippen LogP contribution >= 0.6 is 23.2 Å². The molecule has 0 aliphatic heterocycles. The quantitative estimate of drug-likeness (QED) is 0.700. The minimum atomic E-state index is -0.597. The van der Waals surface area contributed by atoms with Crippen LogP contribution in [0.1, 0.15) is 5.56 Å². The monoisotopic (exact) mass is 209 g/mol. The summed E-state index contributed by atoms with van der Waals surface area (Å²) in [6, 6.07) is 0. The van der Waals surface area contributed by atoms with Crippen LogP contribution in [0.2, 0.25) is 5.02 Å². The molecule has 1 aromatic rings. The summed E-state index contributed by atoms with van der Waals surface area (Å²) in [5.74, 6) is -0.682. The van der Waals surface area contributed by atoms with Gasteiger partial charge in [-0.15, -0.1) is 11.6 Å². The van der Waals surface area contributed by atoms with Crippen molar-refractivity contribution in [1.82, 2.24) is 4.98 Å². The lowest BCUT2D eigenvalue weighted by atomic mass is 10.3. The highest BCUT2D eigenvalue weighted by atomic mass is 35.5. The van der Waals surface area contributed by atoms with Crippen molar-refractivity contribution in [1.29, 1.82) is 0 Å². The van der Waals surface area contributed by atoms with Crippen LogP contribution in [0.4, 0.5) is 4.39 Å². The van der Waals surface area contributed by atoms with E-state index < -0.39 is 5.82 Å². The van der Waals surface area contributed by atoms with Crippen molar-refractivity contribution >= 4 is 23.2 Å². The largest absolute Gasteiger partial charge is 0.479 e. The van der Waals surface area contributed by atoms with Crippen LogP contribution in [0.5, 0.6) is 5.88 Å². The first-order valence-electron chi connectivity index (χ1n) is 3.13. The van der Waals surface area contributed by atoms with Crippen LogP contribution in [0.25, 0.3) is 0 Å². The van der Waals surface area contributed by atoms with E-state index in [4.69, 9.17) is 23.2 Å². The molecule has 1 heterocycles. The van der Waals surface area contributed by atoms with Crippen molar-refractivity contribution in [2.75, 3.05) is 7.11 Å². The normalized spacial score (nSPS) is 10.0.